The number of nitrogens with zero attached hydrogens (tertiary/aromatic N) is 3. The summed E-state index contributed by atoms with van der Waals surface area (Å²) in [7, 11) is 1.49. The van der Waals surface area contributed by atoms with Crippen LogP contribution in [0.4, 0.5) is 5.13 Å². The molecule has 2 aromatic carbocycles. The highest BCUT2D eigenvalue weighted by Gasteiger charge is 2.33. The second-order valence-electron chi connectivity index (χ2n) is 6.10. The summed E-state index contributed by atoms with van der Waals surface area (Å²) in [5.74, 6) is 0.234. The van der Waals surface area contributed by atoms with E-state index in [1.54, 1.807) is 35.3 Å². The lowest BCUT2D eigenvalue weighted by molar-refractivity contribution is -0.121. The van der Waals surface area contributed by atoms with Gasteiger partial charge in [0.2, 0.25) is 5.13 Å². The number of phenolic OH excluding ortho intramolecular Hbond substituents is 1. The summed E-state index contributed by atoms with van der Waals surface area (Å²) in [6.07, 6.45) is 3.39. The van der Waals surface area contributed by atoms with Gasteiger partial charge in [0.15, 0.2) is 16.7 Å². The molecule has 0 bridgehead atoms. The van der Waals surface area contributed by atoms with Gasteiger partial charge in [0.25, 0.3) is 5.91 Å². The van der Waals surface area contributed by atoms with Crippen LogP contribution >= 0.6 is 23.1 Å². The van der Waals surface area contributed by atoms with Gasteiger partial charge in [-0.25, -0.2) is 4.98 Å². The minimum Gasteiger partial charge on any atom is -0.504 e. The molecule has 146 valence electrons. The number of amides is 1. The summed E-state index contributed by atoms with van der Waals surface area (Å²) in [6.45, 7) is 4.08. The van der Waals surface area contributed by atoms with Gasteiger partial charge in [-0.1, -0.05) is 35.6 Å². The maximum atomic E-state index is 12.9. The number of amidine groups is 1. The summed E-state index contributed by atoms with van der Waals surface area (Å²) in [6, 6.07) is 12.8. The number of hydrogen-bond acceptors (Lipinski definition) is 7. The lowest BCUT2D eigenvalue weighted by Crippen LogP contribution is -2.29. The molecule has 0 aliphatic carbocycles. The third-order valence-corrected chi connectivity index (χ3v) is 6.11. The van der Waals surface area contributed by atoms with Crippen LogP contribution in [0.2, 0.25) is 0 Å². The van der Waals surface area contributed by atoms with Crippen LogP contribution in [-0.2, 0) is 4.79 Å². The van der Waals surface area contributed by atoms with Crippen molar-refractivity contribution in [2.24, 2.45) is 4.99 Å². The van der Waals surface area contributed by atoms with Gasteiger partial charge in [0.1, 0.15) is 0 Å². The number of carbonyl (C=O) groups excluding carboxylic acids is 1. The lowest BCUT2D eigenvalue weighted by Gasteiger charge is -2.11. The zero-order chi connectivity index (χ0) is 20.4. The van der Waals surface area contributed by atoms with Crippen LogP contribution in [-0.4, -0.2) is 39.7 Å². The van der Waals surface area contributed by atoms with Crippen LogP contribution < -0.4 is 4.74 Å². The van der Waals surface area contributed by atoms with Gasteiger partial charge >= 0.3 is 0 Å². The van der Waals surface area contributed by atoms with E-state index < -0.39 is 0 Å². The van der Waals surface area contributed by atoms with Gasteiger partial charge in [0, 0.05) is 6.54 Å². The first kappa shape index (κ1) is 19.2. The van der Waals surface area contributed by atoms with E-state index in [0.717, 1.165) is 10.2 Å². The first-order chi connectivity index (χ1) is 14.1. The highest BCUT2D eigenvalue weighted by molar-refractivity contribution is 8.18. The molecule has 8 heteroatoms. The standard InChI is InChI=1S/C21H17N3O3S2/c1-3-10-24-19(26)18(12-13-8-9-16(27-2)15(25)11-13)29-21(24)23-20-22-14-6-4-5-7-17(14)28-20/h3-9,11-12,25H,1,10H2,2H3/b18-12-,23-21-. The molecular weight excluding hydrogens is 406 g/mol. The lowest BCUT2D eigenvalue weighted by atomic mass is 10.2. The second-order valence-corrected chi connectivity index (χ2v) is 8.12. The van der Waals surface area contributed by atoms with E-state index in [9.17, 15) is 9.90 Å². The molecule has 1 amide bonds. The molecule has 0 radical (unpaired) electrons. The number of aliphatic imine (C=N–C) groups is 1. The van der Waals surface area contributed by atoms with Crippen LogP contribution in [0.3, 0.4) is 0 Å². The van der Waals surface area contributed by atoms with Gasteiger partial charge in [-0.3, -0.25) is 9.69 Å². The number of aromatic nitrogens is 1. The number of para-hydroxylation sites is 1. The Bertz CT molecular complexity index is 1130. The van der Waals surface area contributed by atoms with Crippen molar-refractivity contribution >= 4 is 55.6 Å². The zero-order valence-corrected chi connectivity index (χ0v) is 17.2. The van der Waals surface area contributed by atoms with Crippen molar-refractivity contribution in [2.75, 3.05) is 13.7 Å². The number of aromatic hydroxyl groups is 1. The average Bonchev–Trinajstić information content (AvgIpc) is 3.24. The Kier molecular flexibility index (Phi) is 5.37. The predicted octanol–water partition coefficient (Wildman–Crippen LogP) is 4.80. The van der Waals surface area contributed by atoms with E-state index in [2.05, 4.69) is 16.6 Å². The first-order valence-electron chi connectivity index (χ1n) is 8.72. The summed E-state index contributed by atoms with van der Waals surface area (Å²) in [5.41, 5.74) is 1.57. The highest BCUT2D eigenvalue weighted by atomic mass is 32.2. The largest absolute Gasteiger partial charge is 0.504 e. The SMILES string of the molecule is C=CCN1C(=O)/C(=C/c2ccc(OC)c(O)c2)S/C1=N\c1nc2ccccc2s1. The molecule has 6 nitrogen and oxygen atoms in total. The number of thioether (sulfide) groups is 1. The maximum absolute atomic E-state index is 12.9. The predicted molar refractivity (Wildman–Crippen MR) is 119 cm³/mol. The number of hydrogen-bond donors (Lipinski definition) is 1. The Hall–Kier alpha value is -3.10. The molecule has 29 heavy (non-hydrogen) atoms. The van der Waals surface area contributed by atoms with Gasteiger partial charge < -0.3 is 9.84 Å². The molecule has 0 saturated carbocycles. The Morgan fingerprint density at radius 3 is 2.86 bits per heavy atom. The quantitative estimate of drug-likeness (QED) is 0.471. The monoisotopic (exact) mass is 423 g/mol. The molecule has 0 spiro atoms. The second kappa shape index (κ2) is 8.10. The molecule has 1 fully saturated rings. The highest BCUT2D eigenvalue weighted by Crippen LogP contribution is 2.37. The molecule has 3 aromatic rings. The van der Waals surface area contributed by atoms with Crippen molar-refractivity contribution in [1.82, 2.24) is 9.88 Å². The Labute approximate surface area is 175 Å². The van der Waals surface area contributed by atoms with Gasteiger partial charge in [-0.2, -0.15) is 4.99 Å². The first-order valence-corrected chi connectivity index (χ1v) is 10.4. The van der Waals surface area contributed by atoms with Crippen molar-refractivity contribution < 1.29 is 14.6 Å². The number of phenols is 1. The van der Waals surface area contributed by atoms with Crippen LogP contribution in [0, 0.1) is 0 Å². The Balaban J connectivity index is 1.68. The molecule has 1 saturated heterocycles. The molecule has 4 rings (SSSR count). The minimum atomic E-state index is -0.162. The number of ether oxygens (including phenoxy) is 1. The van der Waals surface area contributed by atoms with Crippen LogP contribution in [0.1, 0.15) is 5.56 Å². The van der Waals surface area contributed by atoms with Crippen molar-refractivity contribution in [3.63, 3.8) is 0 Å². The summed E-state index contributed by atoms with van der Waals surface area (Å²) in [5, 5.41) is 11.1. The van der Waals surface area contributed by atoms with E-state index in [1.807, 2.05) is 24.3 Å². The number of methoxy groups -OCH3 is 1. The molecule has 1 N–H and O–H groups in total. The third kappa shape index (κ3) is 3.90. The fourth-order valence-electron chi connectivity index (χ4n) is 2.82. The minimum absolute atomic E-state index is 0.0172. The van der Waals surface area contributed by atoms with Crippen molar-refractivity contribution in [2.45, 2.75) is 0 Å². The normalized spacial score (nSPS) is 16.9. The number of fused-ring (bicyclic) bond motifs is 1. The molecule has 0 unspecified atom stereocenters. The molecule has 1 aliphatic heterocycles. The Morgan fingerprint density at radius 1 is 1.31 bits per heavy atom. The van der Waals surface area contributed by atoms with Crippen LogP contribution in [0.15, 0.2) is 65.0 Å². The smallest absolute Gasteiger partial charge is 0.267 e. The van der Waals surface area contributed by atoms with Crippen molar-refractivity contribution in [3.8, 4) is 11.5 Å². The zero-order valence-electron chi connectivity index (χ0n) is 15.5. The van der Waals surface area contributed by atoms with Gasteiger partial charge in [0.05, 0.1) is 22.2 Å². The summed E-state index contributed by atoms with van der Waals surface area (Å²) in [4.78, 5) is 24.1. The fourth-order valence-corrected chi connectivity index (χ4v) is 4.70. The van der Waals surface area contributed by atoms with E-state index in [4.69, 9.17) is 4.74 Å². The Morgan fingerprint density at radius 2 is 2.14 bits per heavy atom. The maximum Gasteiger partial charge on any atom is 0.267 e. The third-order valence-electron chi connectivity index (χ3n) is 4.17. The average molecular weight is 424 g/mol. The van der Waals surface area contributed by atoms with Gasteiger partial charge in [-0.05, 0) is 47.7 Å². The van der Waals surface area contributed by atoms with Crippen LogP contribution in [0.25, 0.3) is 16.3 Å². The van der Waals surface area contributed by atoms with Crippen LogP contribution in [0.5, 0.6) is 11.5 Å². The van der Waals surface area contributed by atoms with E-state index in [-0.39, 0.29) is 11.7 Å². The molecular formula is C21H17N3O3S2. The van der Waals surface area contributed by atoms with E-state index in [1.165, 1.54) is 30.2 Å². The number of carbonyl (C=O) groups is 1. The summed E-state index contributed by atoms with van der Waals surface area (Å²) >= 11 is 2.75. The molecule has 0 atom stereocenters. The topological polar surface area (TPSA) is 75.0 Å². The number of benzene rings is 2. The van der Waals surface area contributed by atoms with Crippen molar-refractivity contribution in [1.29, 1.82) is 0 Å². The van der Waals surface area contributed by atoms with E-state index >= 15 is 0 Å². The number of rotatable bonds is 5. The molecule has 1 aliphatic rings. The number of thiazole rings is 1. The van der Waals surface area contributed by atoms with Crippen molar-refractivity contribution in [3.05, 3.63) is 65.6 Å². The molecule has 1 aromatic heterocycles. The summed E-state index contributed by atoms with van der Waals surface area (Å²) < 4.78 is 6.10. The van der Waals surface area contributed by atoms with E-state index in [0.29, 0.717) is 33.1 Å². The molecule has 2 heterocycles. The van der Waals surface area contributed by atoms with Gasteiger partial charge in [-0.15, -0.1) is 6.58 Å². The fraction of sp³-hybridized carbons (Fsp3) is 0.0952.